The molecule has 0 radical (unpaired) electrons. The van der Waals surface area contributed by atoms with Crippen LogP contribution in [0.1, 0.15) is 43.0 Å². The molecule has 4 aromatic rings. The molecule has 0 spiro atoms. The molecule has 1 aliphatic heterocycles. The van der Waals surface area contributed by atoms with E-state index >= 15 is 0 Å². The molecule has 9 nitrogen and oxygen atoms in total. The number of ketones is 1. The zero-order chi connectivity index (χ0) is 29.6. The Morgan fingerprint density at radius 3 is 2.57 bits per heavy atom. The molecule has 2 aromatic heterocycles. The van der Waals surface area contributed by atoms with Crippen LogP contribution < -0.4 is 14.4 Å². The number of halogens is 1. The monoisotopic (exact) mass is 606 g/mol. The van der Waals surface area contributed by atoms with Gasteiger partial charge < -0.3 is 14.6 Å². The van der Waals surface area contributed by atoms with Gasteiger partial charge in [-0.3, -0.25) is 19.5 Å². The summed E-state index contributed by atoms with van der Waals surface area (Å²) in [6.07, 6.45) is 3.77. The topological polar surface area (TPSA) is 115 Å². The SMILES string of the molecule is CCCOc1ccc(C2C(=C(O)c3ccncc3)C(=O)C(=O)N2c2nnc(SCc3ccccc3F)s2)cc1OCC. The molecule has 1 N–H and O–H groups in total. The number of aliphatic hydroxyl groups is 1. The number of amides is 1. The second-order valence-electron chi connectivity index (χ2n) is 9.12. The molecule has 5 rings (SSSR count). The van der Waals surface area contributed by atoms with Crippen LogP contribution in [0.2, 0.25) is 0 Å². The van der Waals surface area contributed by atoms with E-state index in [-0.39, 0.29) is 22.3 Å². The smallest absolute Gasteiger partial charge is 0.301 e. The first kappa shape index (κ1) is 29.2. The molecule has 0 saturated carbocycles. The first-order chi connectivity index (χ1) is 20.4. The zero-order valence-corrected chi connectivity index (χ0v) is 24.5. The van der Waals surface area contributed by atoms with Gasteiger partial charge in [-0.1, -0.05) is 54.3 Å². The van der Waals surface area contributed by atoms with Crippen molar-refractivity contribution in [2.75, 3.05) is 18.1 Å². The zero-order valence-electron chi connectivity index (χ0n) is 22.8. The molecule has 216 valence electrons. The second-order valence-corrected chi connectivity index (χ2v) is 11.3. The van der Waals surface area contributed by atoms with Crippen molar-refractivity contribution in [3.05, 3.63) is 95.1 Å². The third-order valence-electron chi connectivity index (χ3n) is 6.35. The van der Waals surface area contributed by atoms with Gasteiger partial charge in [0.1, 0.15) is 11.6 Å². The number of hydrogen-bond acceptors (Lipinski definition) is 10. The standard InChI is InChI=1S/C30H27FN4O5S2/c1-3-15-40-22-10-9-19(16-23(22)39-4-2)25-24(26(36)18-11-13-32-14-12-18)27(37)28(38)35(25)29-33-34-30(42-29)41-17-20-7-5-6-8-21(20)31/h5-14,16,25,36H,3-4,15,17H2,1-2H3. The summed E-state index contributed by atoms with van der Waals surface area (Å²) < 4.78 is 26.3. The normalized spacial score (nSPS) is 16.2. The van der Waals surface area contributed by atoms with Crippen LogP contribution >= 0.6 is 23.1 Å². The average Bonchev–Trinajstić information content (AvgIpc) is 3.58. The number of carbonyl (C=O) groups is 2. The summed E-state index contributed by atoms with van der Waals surface area (Å²) in [5, 5.41) is 19.9. The molecule has 12 heteroatoms. The lowest BCUT2D eigenvalue weighted by atomic mass is 9.95. The van der Waals surface area contributed by atoms with Gasteiger partial charge in [0.05, 0.1) is 24.8 Å². The van der Waals surface area contributed by atoms with E-state index in [4.69, 9.17) is 9.47 Å². The first-order valence-corrected chi connectivity index (χ1v) is 15.0. The van der Waals surface area contributed by atoms with E-state index in [1.807, 2.05) is 13.8 Å². The molecule has 1 atom stereocenters. The molecule has 3 heterocycles. The first-order valence-electron chi connectivity index (χ1n) is 13.2. The fourth-order valence-electron chi connectivity index (χ4n) is 4.42. The average molecular weight is 607 g/mol. The van der Waals surface area contributed by atoms with Crippen LogP contribution in [0.25, 0.3) is 5.76 Å². The van der Waals surface area contributed by atoms with E-state index in [2.05, 4.69) is 15.2 Å². The maximum absolute atomic E-state index is 14.1. The highest BCUT2D eigenvalue weighted by Crippen LogP contribution is 2.45. The lowest BCUT2D eigenvalue weighted by Gasteiger charge is -2.23. The van der Waals surface area contributed by atoms with Crippen LogP contribution in [0.3, 0.4) is 0 Å². The lowest BCUT2D eigenvalue weighted by Crippen LogP contribution is -2.29. The van der Waals surface area contributed by atoms with E-state index in [0.29, 0.717) is 51.5 Å². The highest BCUT2D eigenvalue weighted by Gasteiger charge is 2.48. The van der Waals surface area contributed by atoms with Crippen LogP contribution in [0.15, 0.2) is 76.9 Å². The molecule has 1 amide bonds. The largest absolute Gasteiger partial charge is 0.507 e. The van der Waals surface area contributed by atoms with E-state index in [0.717, 1.165) is 17.8 Å². The van der Waals surface area contributed by atoms with Gasteiger partial charge in [-0.15, -0.1) is 10.2 Å². The summed E-state index contributed by atoms with van der Waals surface area (Å²) in [5.74, 6) is -1.12. The summed E-state index contributed by atoms with van der Waals surface area (Å²) >= 11 is 2.36. The maximum Gasteiger partial charge on any atom is 0.301 e. The predicted octanol–water partition coefficient (Wildman–Crippen LogP) is 6.18. The van der Waals surface area contributed by atoms with Crippen molar-refractivity contribution in [1.82, 2.24) is 15.2 Å². The van der Waals surface area contributed by atoms with Crippen molar-refractivity contribution in [3.8, 4) is 11.5 Å². The van der Waals surface area contributed by atoms with Gasteiger partial charge in [-0.05, 0) is 54.8 Å². The number of thioether (sulfide) groups is 1. The summed E-state index contributed by atoms with van der Waals surface area (Å²) in [6.45, 7) is 4.68. The molecule has 1 aliphatic rings. The van der Waals surface area contributed by atoms with Gasteiger partial charge in [0, 0.05) is 23.7 Å². The Morgan fingerprint density at radius 1 is 1.05 bits per heavy atom. The lowest BCUT2D eigenvalue weighted by molar-refractivity contribution is -0.132. The van der Waals surface area contributed by atoms with Crippen LogP contribution in [0.4, 0.5) is 9.52 Å². The van der Waals surface area contributed by atoms with Crippen molar-refractivity contribution >= 4 is 45.7 Å². The Hall–Kier alpha value is -4.29. The Kier molecular flexibility index (Phi) is 9.13. The van der Waals surface area contributed by atoms with E-state index in [1.54, 1.807) is 48.5 Å². The molecule has 1 saturated heterocycles. The number of anilines is 1. The minimum Gasteiger partial charge on any atom is -0.507 e. The van der Waals surface area contributed by atoms with Crippen molar-refractivity contribution in [3.63, 3.8) is 0 Å². The Balaban J connectivity index is 1.57. The molecule has 1 unspecified atom stereocenters. The predicted molar refractivity (Wildman–Crippen MR) is 158 cm³/mol. The molecule has 0 aliphatic carbocycles. The fraction of sp³-hybridized carbons (Fsp3) is 0.233. The number of ether oxygens (including phenoxy) is 2. The number of Topliss-reactive ketones (excluding diaryl/α,β-unsaturated/α-hetero) is 1. The molecular weight excluding hydrogens is 579 g/mol. The minimum absolute atomic E-state index is 0.105. The Labute approximate surface area is 250 Å². The summed E-state index contributed by atoms with van der Waals surface area (Å²) in [5.41, 5.74) is 1.24. The van der Waals surface area contributed by atoms with E-state index in [9.17, 15) is 19.1 Å². The van der Waals surface area contributed by atoms with Gasteiger partial charge in [-0.2, -0.15) is 0 Å². The molecule has 1 fully saturated rings. The number of aromatic nitrogens is 3. The quantitative estimate of drug-likeness (QED) is 0.0703. The van der Waals surface area contributed by atoms with Gasteiger partial charge in [-0.25, -0.2) is 4.39 Å². The van der Waals surface area contributed by atoms with Crippen molar-refractivity contribution in [1.29, 1.82) is 0 Å². The Bertz CT molecular complexity index is 1630. The number of carbonyl (C=O) groups excluding carboxylic acids is 2. The summed E-state index contributed by atoms with van der Waals surface area (Å²) in [4.78, 5) is 32.2. The molecule has 42 heavy (non-hydrogen) atoms. The fourth-order valence-corrected chi connectivity index (χ4v) is 6.27. The van der Waals surface area contributed by atoms with Crippen LogP contribution in [0.5, 0.6) is 11.5 Å². The van der Waals surface area contributed by atoms with Gasteiger partial charge in [0.25, 0.3) is 5.78 Å². The highest BCUT2D eigenvalue weighted by atomic mass is 32.2. The van der Waals surface area contributed by atoms with Crippen LogP contribution in [-0.4, -0.2) is 45.2 Å². The van der Waals surface area contributed by atoms with Crippen molar-refractivity contribution in [2.24, 2.45) is 0 Å². The number of benzene rings is 2. The second kappa shape index (κ2) is 13.1. The number of aliphatic hydroxyl groups excluding tert-OH is 1. The van der Waals surface area contributed by atoms with E-state index in [1.165, 1.54) is 35.1 Å². The van der Waals surface area contributed by atoms with Crippen molar-refractivity contribution in [2.45, 2.75) is 36.4 Å². The summed E-state index contributed by atoms with van der Waals surface area (Å²) in [7, 11) is 0. The number of rotatable bonds is 11. The van der Waals surface area contributed by atoms with Crippen molar-refractivity contribution < 1.29 is 28.6 Å². The van der Waals surface area contributed by atoms with E-state index < -0.39 is 17.7 Å². The number of nitrogens with zero attached hydrogens (tertiary/aromatic N) is 4. The molecular formula is C30H27FN4O5S2. The Morgan fingerprint density at radius 2 is 1.83 bits per heavy atom. The third kappa shape index (κ3) is 6.00. The summed E-state index contributed by atoms with van der Waals surface area (Å²) in [6, 6.07) is 13.7. The van der Waals surface area contributed by atoms with Gasteiger partial charge in [0.2, 0.25) is 5.13 Å². The molecule has 0 bridgehead atoms. The van der Waals surface area contributed by atoms with Gasteiger partial charge in [0.15, 0.2) is 15.8 Å². The number of hydrogen-bond donors (Lipinski definition) is 1. The third-order valence-corrected chi connectivity index (χ3v) is 8.46. The van der Waals surface area contributed by atoms with Gasteiger partial charge >= 0.3 is 5.91 Å². The molecule has 2 aromatic carbocycles. The number of pyridine rings is 1. The highest BCUT2D eigenvalue weighted by molar-refractivity contribution is 8.00. The van der Waals surface area contributed by atoms with Crippen LogP contribution in [0, 0.1) is 5.82 Å². The maximum atomic E-state index is 14.1. The van der Waals surface area contributed by atoms with Crippen LogP contribution in [-0.2, 0) is 15.3 Å². The minimum atomic E-state index is -1.03.